The fraction of sp³-hybridized carbons (Fsp3) is 0. The van der Waals surface area contributed by atoms with E-state index in [2.05, 4.69) is 32.6 Å². The van der Waals surface area contributed by atoms with Crippen LogP contribution in [0.5, 0.6) is 0 Å². The van der Waals surface area contributed by atoms with Gasteiger partial charge in [0.05, 0.1) is 5.39 Å². The first-order chi connectivity index (χ1) is 5.27. The Morgan fingerprint density at radius 1 is 1.45 bits per heavy atom. The summed E-state index contributed by atoms with van der Waals surface area (Å²) in [6.45, 7) is 0. The number of hydrogen-bond donors (Lipinski definition) is 0. The molecule has 2 heterocycles. The van der Waals surface area contributed by atoms with Gasteiger partial charge in [-0.1, -0.05) is 11.6 Å². The molecule has 56 valence electrons. The van der Waals surface area contributed by atoms with E-state index in [1.165, 1.54) is 6.33 Å². The Morgan fingerprint density at radius 2 is 2.27 bits per heavy atom. The van der Waals surface area contributed by atoms with E-state index in [4.69, 9.17) is 16.0 Å². The fourth-order valence-corrected chi connectivity index (χ4v) is 1.50. The van der Waals surface area contributed by atoms with Gasteiger partial charge in [0, 0.05) is 6.07 Å². The molecule has 0 spiro atoms. The summed E-state index contributed by atoms with van der Waals surface area (Å²) in [7, 11) is 0. The lowest BCUT2D eigenvalue weighted by Gasteiger charge is -1.86. The topological polar surface area (TPSA) is 38.9 Å². The first-order valence-corrected chi connectivity index (χ1v) is 4.28. The maximum Gasteiger partial charge on any atom is 0.231 e. The van der Waals surface area contributed by atoms with Crippen molar-refractivity contribution >= 4 is 45.3 Å². The molecular formula is C6H2ClIN2O. The van der Waals surface area contributed by atoms with Crippen LogP contribution >= 0.6 is 34.2 Å². The van der Waals surface area contributed by atoms with Crippen molar-refractivity contribution in [1.82, 2.24) is 9.97 Å². The number of nitrogens with zero attached hydrogens (tertiary/aromatic N) is 2. The van der Waals surface area contributed by atoms with Crippen molar-refractivity contribution in [3.8, 4) is 0 Å². The molecule has 0 aliphatic heterocycles. The lowest BCUT2D eigenvalue weighted by atomic mass is 10.4. The Morgan fingerprint density at radius 3 is 3.00 bits per heavy atom. The number of hydrogen-bond acceptors (Lipinski definition) is 3. The number of aromatic nitrogens is 2. The van der Waals surface area contributed by atoms with E-state index < -0.39 is 0 Å². The summed E-state index contributed by atoms with van der Waals surface area (Å²) in [5.41, 5.74) is 0.536. The zero-order valence-corrected chi connectivity index (χ0v) is 8.13. The molecular weight excluding hydrogens is 278 g/mol. The normalized spacial score (nSPS) is 10.7. The largest absolute Gasteiger partial charge is 0.432 e. The second kappa shape index (κ2) is 2.60. The molecule has 0 aliphatic rings. The third kappa shape index (κ3) is 1.20. The summed E-state index contributed by atoms with van der Waals surface area (Å²) in [5.74, 6) is 0. The first kappa shape index (κ1) is 7.30. The standard InChI is InChI=1S/C6H2ClIN2O/c7-5-3-1-4(8)11-6(3)10-2-9-5/h1-2H. The predicted octanol–water partition coefficient (Wildman–Crippen LogP) is 2.48. The van der Waals surface area contributed by atoms with E-state index in [0.29, 0.717) is 10.9 Å². The van der Waals surface area contributed by atoms with Gasteiger partial charge in [-0.2, -0.15) is 0 Å². The lowest BCUT2D eigenvalue weighted by Crippen LogP contribution is -1.77. The lowest BCUT2D eigenvalue weighted by molar-refractivity contribution is 0.572. The summed E-state index contributed by atoms with van der Waals surface area (Å²) in [5, 5.41) is 1.19. The summed E-state index contributed by atoms with van der Waals surface area (Å²) in [4.78, 5) is 7.71. The van der Waals surface area contributed by atoms with Crippen molar-refractivity contribution in [2.45, 2.75) is 0 Å². The van der Waals surface area contributed by atoms with Gasteiger partial charge in [0.2, 0.25) is 5.71 Å². The molecule has 0 N–H and O–H groups in total. The highest BCUT2D eigenvalue weighted by atomic mass is 127. The second-order valence-corrected chi connectivity index (χ2v) is 3.36. The van der Waals surface area contributed by atoms with Crippen molar-refractivity contribution < 1.29 is 4.42 Å². The average molecular weight is 280 g/mol. The molecule has 0 atom stereocenters. The number of rotatable bonds is 0. The maximum atomic E-state index is 5.76. The molecule has 0 saturated carbocycles. The predicted molar refractivity (Wildman–Crippen MR) is 49.5 cm³/mol. The first-order valence-electron chi connectivity index (χ1n) is 2.83. The van der Waals surface area contributed by atoms with E-state index in [9.17, 15) is 0 Å². The second-order valence-electron chi connectivity index (χ2n) is 1.93. The molecule has 0 aromatic carbocycles. The molecule has 2 rings (SSSR count). The molecule has 0 unspecified atom stereocenters. The third-order valence-electron chi connectivity index (χ3n) is 1.25. The SMILES string of the molecule is Clc1ncnc2oc(I)cc12. The Hall–Kier alpha value is -0.360. The number of furan rings is 1. The minimum atomic E-state index is 0.432. The van der Waals surface area contributed by atoms with E-state index in [-0.39, 0.29) is 0 Å². The highest BCUT2D eigenvalue weighted by Gasteiger charge is 2.05. The van der Waals surface area contributed by atoms with Gasteiger partial charge in [0.15, 0.2) is 3.77 Å². The zero-order valence-electron chi connectivity index (χ0n) is 5.21. The van der Waals surface area contributed by atoms with Crippen LogP contribution in [0.3, 0.4) is 0 Å². The Bertz CT molecular complexity index is 400. The van der Waals surface area contributed by atoms with Crippen LogP contribution in [-0.2, 0) is 0 Å². The summed E-state index contributed by atoms with van der Waals surface area (Å²) < 4.78 is 5.96. The smallest absolute Gasteiger partial charge is 0.231 e. The van der Waals surface area contributed by atoms with Crippen molar-refractivity contribution in [2.75, 3.05) is 0 Å². The van der Waals surface area contributed by atoms with Crippen LogP contribution in [0.15, 0.2) is 16.8 Å². The molecule has 0 amide bonds. The van der Waals surface area contributed by atoms with Gasteiger partial charge in [-0.15, -0.1) is 0 Å². The maximum absolute atomic E-state index is 5.76. The van der Waals surface area contributed by atoms with Crippen molar-refractivity contribution in [3.63, 3.8) is 0 Å². The van der Waals surface area contributed by atoms with Gasteiger partial charge in [-0.25, -0.2) is 9.97 Å². The van der Waals surface area contributed by atoms with E-state index in [1.54, 1.807) is 6.07 Å². The summed E-state index contributed by atoms with van der Waals surface area (Å²) >= 11 is 7.81. The van der Waals surface area contributed by atoms with Gasteiger partial charge in [-0.05, 0) is 22.6 Å². The molecule has 0 radical (unpaired) electrons. The third-order valence-corrected chi connectivity index (χ3v) is 2.08. The molecule has 0 saturated heterocycles. The monoisotopic (exact) mass is 280 g/mol. The van der Waals surface area contributed by atoms with E-state index >= 15 is 0 Å². The summed E-state index contributed by atoms with van der Waals surface area (Å²) in [6, 6.07) is 1.80. The highest BCUT2D eigenvalue weighted by Crippen LogP contribution is 2.23. The molecule has 3 nitrogen and oxygen atoms in total. The van der Waals surface area contributed by atoms with Crippen molar-refractivity contribution in [3.05, 3.63) is 21.3 Å². The average Bonchev–Trinajstić information content (AvgIpc) is 2.31. The van der Waals surface area contributed by atoms with Crippen LogP contribution in [0.4, 0.5) is 0 Å². The van der Waals surface area contributed by atoms with Gasteiger partial charge in [0.1, 0.15) is 11.5 Å². The number of halogens is 2. The van der Waals surface area contributed by atoms with Gasteiger partial charge >= 0.3 is 0 Å². The van der Waals surface area contributed by atoms with Crippen LogP contribution in [0.1, 0.15) is 0 Å². The van der Waals surface area contributed by atoms with Crippen molar-refractivity contribution in [1.29, 1.82) is 0 Å². The van der Waals surface area contributed by atoms with Gasteiger partial charge in [0.25, 0.3) is 0 Å². The van der Waals surface area contributed by atoms with Crippen molar-refractivity contribution in [2.24, 2.45) is 0 Å². The highest BCUT2D eigenvalue weighted by molar-refractivity contribution is 14.1. The van der Waals surface area contributed by atoms with Crippen LogP contribution < -0.4 is 0 Å². The van der Waals surface area contributed by atoms with E-state index in [0.717, 1.165) is 9.15 Å². The van der Waals surface area contributed by atoms with Gasteiger partial charge in [-0.3, -0.25) is 0 Å². The van der Waals surface area contributed by atoms with E-state index in [1.807, 2.05) is 0 Å². The molecule has 0 bridgehead atoms. The molecule has 5 heteroatoms. The quantitative estimate of drug-likeness (QED) is 0.550. The molecule has 0 aliphatic carbocycles. The van der Waals surface area contributed by atoms with Crippen LogP contribution in [0.25, 0.3) is 11.1 Å². The summed E-state index contributed by atoms with van der Waals surface area (Å²) in [6.07, 6.45) is 1.38. The number of fused-ring (bicyclic) bond motifs is 1. The molecule has 2 aromatic heterocycles. The Labute approximate surface area is 80.9 Å². The van der Waals surface area contributed by atoms with Gasteiger partial charge < -0.3 is 4.42 Å². The fourth-order valence-electron chi connectivity index (χ4n) is 0.797. The minimum Gasteiger partial charge on any atom is -0.432 e. The molecule has 11 heavy (non-hydrogen) atoms. The Balaban J connectivity index is 2.90. The van der Waals surface area contributed by atoms with Crippen LogP contribution in [-0.4, -0.2) is 9.97 Å². The Kier molecular flexibility index (Phi) is 1.72. The van der Waals surface area contributed by atoms with Crippen LogP contribution in [0, 0.1) is 3.77 Å². The minimum absolute atomic E-state index is 0.432. The van der Waals surface area contributed by atoms with Crippen LogP contribution in [0.2, 0.25) is 5.15 Å². The molecule has 0 fully saturated rings. The zero-order chi connectivity index (χ0) is 7.84. The molecule has 2 aromatic rings.